The van der Waals surface area contributed by atoms with E-state index < -0.39 is 4.92 Å². The minimum Gasteiger partial charge on any atom is -0.470 e. The monoisotopic (exact) mass is 291 g/mol. The zero-order chi connectivity index (χ0) is 14.5. The van der Waals surface area contributed by atoms with Crippen molar-refractivity contribution >= 4 is 17.4 Å². The van der Waals surface area contributed by atoms with Crippen LogP contribution in [0, 0.1) is 10.1 Å². The fourth-order valence-electron chi connectivity index (χ4n) is 1.49. The normalized spacial score (nSPS) is 10.6. The van der Waals surface area contributed by atoms with Crippen LogP contribution in [-0.4, -0.2) is 21.0 Å². The average molecular weight is 291 g/mol. The van der Waals surface area contributed by atoms with Gasteiger partial charge in [0.05, 0.1) is 11.0 Å². The Bertz CT molecular complexity index is 605. The van der Waals surface area contributed by atoms with Crippen LogP contribution in [-0.2, 0) is 0 Å². The van der Waals surface area contributed by atoms with E-state index in [1.807, 2.05) is 30.3 Å². The molecule has 0 bridgehead atoms. The van der Waals surface area contributed by atoms with E-state index in [4.69, 9.17) is 4.74 Å². The molecule has 2 rings (SSSR count). The van der Waals surface area contributed by atoms with Gasteiger partial charge >= 0.3 is 5.69 Å². The van der Waals surface area contributed by atoms with E-state index in [0.29, 0.717) is 0 Å². The molecule has 0 aliphatic rings. The highest BCUT2D eigenvalue weighted by molar-refractivity contribution is 7.99. The quantitative estimate of drug-likeness (QED) is 0.477. The summed E-state index contributed by atoms with van der Waals surface area (Å²) in [4.78, 5) is 19.4. The molecule has 0 aliphatic heterocycles. The Balaban J connectivity index is 2.39. The van der Waals surface area contributed by atoms with Crippen LogP contribution in [0.5, 0.6) is 5.88 Å². The Labute approximate surface area is 120 Å². The van der Waals surface area contributed by atoms with Crippen molar-refractivity contribution < 1.29 is 9.66 Å². The molecular weight excluding hydrogens is 278 g/mol. The smallest absolute Gasteiger partial charge is 0.363 e. The molecule has 1 aromatic carbocycles. The predicted molar refractivity (Wildman–Crippen MR) is 75.0 cm³/mol. The zero-order valence-corrected chi connectivity index (χ0v) is 11.8. The van der Waals surface area contributed by atoms with Crippen LogP contribution in [0.4, 0.5) is 5.69 Å². The second kappa shape index (κ2) is 6.33. The van der Waals surface area contributed by atoms with Crippen LogP contribution < -0.4 is 4.74 Å². The third-order valence-corrected chi connectivity index (χ3v) is 3.24. The Morgan fingerprint density at radius 2 is 1.95 bits per heavy atom. The van der Waals surface area contributed by atoms with Crippen molar-refractivity contribution in [3.05, 3.63) is 46.8 Å². The van der Waals surface area contributed by atoms with E-state index in [1.54, 1.807) is 13.8 Å². The molecule has 0 fully saturated rings. The molecule has 0 spiro atoms. The van der Waals surface area contributed by atoms with E-state index in [9.17, 15) is 10.1 Å². The van der Waals surface area contributed by atoms with Gasteiger partial charge in [-0.2, -0.15) is 4.98 Å². The lowest BCUT2D eigenvalue weighted by molar-refractivity contribution is -0.389. The molecule has 0 amide bonds. The first-order valence-corrected chi connectivity index (χ1v) is 6.78. The summed E-state index contributed by atoms with van der Waals surface area (Å²) < 4.78 is 5.38. The van der Waals surface area contributed by atoms with Gasteiger partial charge in [-0.25, -0.2) is 4.98 Å². The van der Waals surface area contributed by atoms with Crippen LogP contribution in [0.1, 0.15) is 13.8 Å². The Morgan fingerprint density at radius 1 is 1.25 bits per heavy atom. The first-order chi connectivity index (χ1) is 9.58. The topological polar surface area (TPSA) is 78.2 Å². The number of hydrogen-bond donors (Lipinski definition) is 0. The molecule has 0 saturated carbocycles. The SMILES string of the molecule is CC(C)Oc1ncnc(Sc2ccccc2)c1[N+](=O)[O-]. The Hall–Kier alpha value is -2.15. The van der Waals surface area contributed by atoms with E-state index in [2.05, 4.69) is 9.97 Å². The van der Waals surface area contributed by atoms with Gasteiger partial charge in [0.25, 0.3) is 5.88 Å². The summed E-state index contributed by atoms with van der Waals surface area (Å²) in [6, 6.07) is 9.33. The molecule has 0 atom stereocenters. The van der Waals surface area contributed by atoms with Gasteiger partial charge in [0.1, 0.15) is 6.33 Å². The van der Waals surface area contributed by atoms with E-state index >= 15 is 0 Å². The first kappa shape index (κ1) is 14.3. The van der Waals surface area contributed by atoms with Gasteiger partial charge in [-0.1, -0.05) is 30.0 Å². The lowest BCUT2D eigenvalue weighted by atomic mass is 10.4. The lowest BCUT2D eigenvalue weighted by Crippen LogP contribution is -2.10. The first-order valence-electron chi connectivity index (χ1n) is 5.97. The molecular formula is C13H13N3O3S. The van der Waals surface area contributed by atoms with Gasteiger partial charge in [0, 0.05) is 4.90 Å². The van der Waals surface area contributed by atoms with Gasteiger partial charge in [-0.05, 0) is 26.0 Å². The van der Waals surface area contributed by atoms with Crippen molar-refractivity contribution in [1.29, 1.82) is 0 Å². The molecule has 0 aliphatic carbocycles. The minimum atomic E-state index is -0.511. The summed E-state index contributed by atoms with van der Waals surface area (Å²) >= 11 is 1.21. The second-order valence-corrected chi connectivity index (χ2v) is 5.23. The number of hydrogen-bond acceptors (Lipinski definition) is 6. The van der Waals surface area contributed by atoms with Crippen LogP contribution in [0.2, 0.25) is 0 Å². The third-order valence-electron chi connectivity index (χ3n) is 2.24. The summed E-state index contributed by atoms with van der Waals surface area (Å²) in [5.74, 6) is -0.00145. The van der Waals surface area contributed by atoms with Gasteiger partial charge in [0.2, 0.25) is 0 Å². The van der Waals surface area contributed by atoms with Crippen molar-refractivity contribution in [2.24, 2.45) is 0 Å². The lowest BCUT2D eigenvalue weighted by Gasteiger charge is -2.10. The van der Waals surface area contributed by atoms with Gasteiger partial charge in [0.15, 0.2) is 5.03 Å². The molecule has 0 unspecified atom stereocenters. The van der Waals surface area contributed by atoms with Gasteiger partial charge < -0.3 is 4.74 Å². The minimum absolute atomic E-state index is 0.00145. The number of aromatic nitrogens is 2. The molecule has 1 aromatic heterocycles. The number of ether oxygens (including phenoxy) is 1. The van der Waals surface area contributed by atoms with Crippen LogP contribution in [0.15, 0.2) is 46.6 Å². The second-order valence-electron chi connectivity index (χ2n) is 4.17. The Morgan fingerprint density at radius 3 is 2.55 bits per heavy atom. The molecule has 0 saturated heterocycles. The maximum atomic E-state index is 11.2. The largest absolute Gasteiger partial charge is 0.470 e. The van der Waals surface area contributed by atoms with Gasteiger partial charge in [-0.3, -0.25) is 10.1 Å². The fourth-order valence-corrected chi connectivity index (χ4v) is 2.36. The third kappa shape index (κ3) is 3.45. The molecule has 104 valence electrons. The predicted octanol–water partition coefficient (Wildman–Crippen LogP) is 3.32. The highest BCUT2D eigenvalue weighted by Crippen LogP contribution is 2.37. The number of benzene rings is 1. The number of nitrogens with zero attached hydrogens (tertiary/aromatic N) is 3. The molecule has 0 N–H and O–H groups in total. The summed E-state index contributed by atoms with van der Waals surface area (Å²) in [6.07, 6.45) is 1.08. The summed E-state index contributed by atoms with van der Waals surface area (Å²) in [5.41, 5.74) is -0.199. The highest BCUT2D eigenvalue weighted by atomic mass is 32.2. The fraction of sp³-hybridized carbons (Fsp3) is 0.231. The summed E-state index contributed by atoms with van der Waals surface area (Å²) in [7, 11) is 0. The maximum absolute atomic E-state index is 11.2. The highest BCUT2D eigenvalue weighted by Gasteiger charge is 2.25. The van der Waals surface area contributed by atoms with Crippen LogP contribution in [0.3, 0.4) is 0 Å². The van der Waals surface area contributed by atoms with E-state index in [1.165, 1.54) is 18.1 Å². The van der Waals surface area contributed by atoms with Crippen LogP contribution >= 0.6 is 11.8 Å². The van der Waals surface area contributed by atoms with E-state index in [-0.39, 0.29) is 22.7 Å². The zero-order valence-electron chi connectivity index (χ0n) is 11.0. The van der Waals surface area contributed by atoms with Crippen molar-refractivity contribution in [3.8, 4) is 5.88 Å². The number of nitro groups is 1. The molecule has 6 nitrogen and oxygen atoms in total. The molecule has 0 radical (unpaired) electrons. The number of rotatable bonds is 5. The van der Waals surface area contributed by atoms with E-state index in [0.717, 1.165) is 4.90 Å². The molecule has 1 heterocycles. The van der Waals surface area contributed by atoms with Crippen molar-refractivity contribution in [2.45, 2.75) is 29.9 Å². The maximum Gasteiger partial charge on any atom is 0.363 e. The van der Waals surface area contributed by atoms with Crippen LogP contribution in [0.25, 0.3) is 0 Å². The molecule has 20 heavy (non-hydrogen) atoms. The summed E-state index contributed by atoms with van der Waals surface area (Å²) in [5, 5.41) is 11.5. The standard InChI is InChI=1S/C13H13N3O3S/c1-9(2)19-12-11(16(17)18)13(15-8-14-12)20-10-6-4-3-5-7-10/h3-9H,1-2H3. The summed E-state index contributed by atoms with van der Waals surface area (Å²) in [6.45, 7) is 3.58. The van der Waals surface area contributed by atoms with Gasteiger partial charge in [-0.15, -0.1) is 0 Å². The molecule has 2 aromatic rings. The van der Waals surface area contributed by atoms with Crippen molar-refractivity contribution in [3.63, 3.8) is 0 Å². The molecule has 7 heteroatoms. The Kier molecular flexibility index (Phi) is 4.52. The van der Waals surface area contributed by atoms with Crippen molar-refractivity contribution in [2.75, 3.05) is 0 Å². The average Bonchev–Trinajstić information content (AvgIpc) is 2.39. The van der Waals surface area contributed by atoms with Crippen molar-refractivity contribution in [1.82, 2.24) is 9.97 Å².